The summed E-state index contributed by atoms with van der Waals surface area (Å²) in [5.41, 5.74) is 2.30. The van der Waals surface area contributed by atoms with Crippen LogP contribution in [0.2, 0.25) is 5.02 Å². The number of methoxy groups -OCH3 is 1. The molecule has 0 aliphatic rings. The predicted octanol–water partition coefficient (Wildman–Crippen LogP) is 4.05. The van der Waals surface area contributed by atoms with Gasteiger partial charge in [0.05, 0.1) is 40.7 Å². The van der Waals surface area contributed by atoms with Gasteiger partial charge in [0.15, 0.2) is 0 Å². The third kappa shape index (κ3) is 3.89. The second-order valence-electron chi connectivity index (χ2n) is 5.22. The minimum Gasteiger partial charge on any atom is -0.497 e. The summed E-state index contributed by atoms with van der Waals surface area (Å²) in [6, 6.07) is 13.8. The van der Waals surface area contributed by atoms with Gasteiger partial charge in [0.25, 0.3) is 5.69 Å². The Kier molecular flexibility index (Phi) is 4.85. The largest absolute Gasteiger partial charge is 0.497 e. The molecule has 0 saturated carbocycles. The maximum absolute atomic E-state index is 10.7. The maximum atomic E-state index is 10.7. The second-order valence-corrected chi connectivity index (χ2v) is 5.63. The lowest BCUT2D eigenvalue weighted by molar-refractivity contribution is -0.384. The number of nitrogens with one attached hydrogen (secondary N) is 1. The van der Waals surface area contributed by atoms with Gasteiger partial charge < -0.3 is 10.1 Å². The molecule has 0 bridgehead atoms. The van der Waals surface area contributed by atoms with Crippen LogP contribution in [0.15, 0.2) is 54.7 Å². The van der Waals surface area contributed by atoms with E-state index in [9.17, 15) is 10.1 Å². The Labute approximate surface area is 149 Å². The van der Waals surface area contributed by atoms with Gasteiger partial charge in [-0.3, -0.25) is 10.1 Å². The monoisotopic (exact) mass is 358 g/mol. The number of nitro groups is 1. The molecule has 0 spiro atoms. The normalized spacial score (nSPS) is 10.5. The number of nitro benzene ring substituents is 1. The summed E-state index contributed by atoms with van der Waals surface area (Å²) in [4.78, 5) is 10.2. The lowest BCUT2D eigenvalue weighted by Gasteiger charge is -2.07. The fourth-order valence-corrected chi connectivity index (χ4v) is 2.52. The van der Waals surface area contributed by atoms with E-state index in [1.165, 1.54) is 12.1 Å². The quantitative estimate of drug-likeness (QED) is 0.531. The van der Waals surface area contributed by atoms with Crippen LogP contribution in [-0.2, 0) is 6.54 Å². The van der Waals surface area contributed by atoms with Crippen molar-refractivity contribution < 1.29 is 9.66 Å². The number of non-ortho nitro benzene ring substituents is 1. The van der Waals surface area contributed by atoms with Gasteiger partial charge in [-0.25, -0.2) is 4.68 Å². The van der Waals surface area contributed by atoms with Crippen molar-refractivity contribution in [3.8, 4) is 11.4 Å². The number of ether oxygens (including phenoxy) is 1. The Morgan fingerprint density at radius 2 is 2.00 bits per heavy atom. The van der Waals surface area contributed by atoms with Gasteiger partial charge in [-0.05, 0) is 36.4 Å². The fourth-order valence-electron chi connectivity index (χ4n) is 2.28. The minimum absolute atomic E-state index is 0.0423. The van der Waals surface area contributed by atoms with Crippen LogP contribution in [0.3, 0.4) is 0 Å². The predicted molar refractivity (Wildman–Crippen MR) is 95.5 cm³/mol. The van der Waals surface area contributed by atoms with Crippen LogP contribution in [0.4, 0.5) is 11.4 Å². The van der Waals surface area contributed by atoms with Crippen LogP contribution in [0.1, 0.15) is 5.69 Å². The number of hydrogen-bond acceptors (Lipinski definition) is 5. The molecule has 0 unspecified atom stereocenters. The van der Waals surface area contributed by atoms with Gasteiger partial charge in [-0.2, -0.15) is 5.10 Å². The molecule has 1 heterocycles. The first-order chi connectivity index (χ1) is 12.1. The standard InChI is InChI=1S/C17H15ClN4O3/c1-25-15-5-2-13(3-6-15)21-9-8-12(20-21)11-19-17-7-4-14(22(23)24)10-16(17)18/h2-10,19H,11H2,1H3. The van der Waals surface area contributed by atoms with Crippen LogP contribution >= 0.6 is 11.6 Å². The summed E-state index contributed by atoms with van der Waals surface area (Å²) < 4.78 is 6.90. The van der Waals surface area contributed by atoms with E-state index in [1.54, 1.807) is 17.9 Å². The Hall–Kier alpha value is -3.06. The lowest BCUT2D eigenvalue weighted by atomic mass is 10.2. The van der Waals surface area contributed by atoms with Crippen molar-refractivity contribution in [1.82, 2.24) is 9.78 Å². The van der Waals surface area contributed by atoms with Crippen LogP contribution < -0.4 is 10.1 Å². The molecule has 0 atom stereocenters. The molecule has 0 fully saturated rings. The number of nitrogens with zero attached hydrogens (tertiary/aromatic N) is 3. The number of rotatable bonds is 6. The highest BCUT2D eigenvalue weighted by Gasteiger charge is 2.09. The Balaban J connectivity index is 1.68. The van der Waals surface area contributed by atoms with Crippen molar-refractivity contribution in [2.45, 2.75) is 6.54 Å². The Morgan fingerprint density at radius 1 is 1.24 bits per heavy atom. The zero-order chi connectivity index (χ0) is 17.8. The topological polar surface area (TPSA) is 82.2 Å². The summed E-state index contributed by atoms with van der Waals surface area (Å²) in [6.45, 7) is 0.445. The SMILES string of the molecule is COc1ccc(-n2ccc(CNc3ccc([N+](=O)[O-])cc3Cl)n2)cc1. The molecular weight excluding hydrogens is 344 g/mol. The zero-order valence-electron chi connectivity index (χ0n) is 13.3. The summed E-state index contributed by atoms with van der Waals surface area (Å²) in [6.07, 6.45) is 1.86. The van der Waals surface area contributed by atoms with E-state index in [1.807, 2.05) is 36.5 Å². The first-order valence-electron chi connectivity index (χ1n) is 7.43. The van der Waals surface area contributed by atoms with E-state index in [2.05, 4.69) is 10.4 Å². The molecule has 25 heavy (non-hydrogen) atoms. The van der Waals surface area contributed by atoms with Crippen LogP contribution in [-0.4, -0.2) is 21.8 Å². The first kappa shape index (κ1) is 16.8. The highest BCUT2D eigenvalue weighted by Crippen LogP contribution is 2.27. The number of benzene rings is 2. The van der Waals surface area contributed by atoms with E-state index in [0.717, 1.165) is 17.1 Å². The second kappa shape index (κ2) is 7.23. The molecule has 128 valence electrons. The van der Waals surface area contributed by atoms with E-state index >= 15 is 0 Å². The Morgan fingerprint density at radius 3 is 2.64 bits per heavy atom. The fraction of sp³-hybridized carbons (Fsp3) is 0.118. The molecule has 1 N–H and O–H groups in total. The highest BCUT2D eigenvalue weighted by molar-refractivity contribution is 6.33. The third-order valence-electron chi connectivity index (χ3n) is 3.60. The summed E-state index contributed by atoms with van der Waals surface area (Å²) >= 11 is 6.06. The molecule has 7 nitrogen and oxygen atoms in total. The molecule has 0 aliphatic heterocycles. The molecular formula is C17H15ClN4O3. The van der Waals surface area contributed by atoms with Crippen LogP contribution in [0.5, 0.6) is 5.75 Å². The van der Waals surface area contributed by atoms with Crippen molar-refractivity contribution in [1.29, 1.82) is 0 Å². The van der Waals surface area contributed by atoms with Crippen LogP contribution in [0, 0.1) is 10.1 Å². The van der Waals surface area contributed by atoms with Crippen molar-refractivity contribution in [3.05, 3.63) is 75.6 Å². The summed E-state index contributed by atoms with van der Waals surface area (Å²) in [5, 5.41) is 18.6. The molecule has 3 rings (SSSR count). The Bertz CT molecular complexity index is 893. The highest BCUT2D eigenvalue weighted by atomic mass is 35.5. The third-order valence-corrected chi connectivity index (χ3v) is 3.92. The van der Waals surface area contributed by atoms with Gasteiger partial charge in [0.1, 0.15) is 5.75 Å². The van der Waals surface area contributed by atoms with Gasteiger partial charge >= 0.3 is 0 Å². The van der Waals surface area contributed by atoms with E-state index in [4.69, 9.17) is 16.3 Å². The summed E-state index contributed by atoms with van der Waals surface area (Å²) in [7, 11) is 1.62. The van der Waals surface area contributed by atoms with E-state index in [0.29, 0.717) is 17.3 Å². The van der Waals surface area contributed by atoms with Crippen molar-refractivity contribution in [2.75, 3.05) is 12.4 Å². The smallest absolute Gasteiger partial charge is 0.271 e. The molecule has 3 aromatic rings. The van der Waals surface area contributed by atoms with Gasteiger partial charge in [-0.1, -0.05) is 11.6 Å². The molecule has 1 aromatic heterocycles. The number of hydrogen-bond donors (Lipinski definition) is 1. The van der Waals surface area contributed by atoms with Crippen molar-refractivity contribution >= 4 is 23.0 Å². The van der Waals surface area contributed by atoms with Crippen molar-refractivity contribution in [3.63, 3.8) is 0 Å². The average molecular weight is 359 g/mol. The first-order valence-corrected chi connectivity index (χ1v) is 7.81. The van der Waals surface area contributed by atoms with Crippen LogP contribution in [0.25, 0.3) is 5.69 Å². The molecule has 0 radical (unpaired) electrons. The van der Waals surface area contributed by atoms with Gasteiger partial charge in [0, 0.05) is 18.3 Å². The minimum atomic E-state index is -0.480. The summed E-state index contributed by atoms with van der Waals surface area (Å²) in [5.74, 6) is 0.783. The van der Waals surface area contributed by atoms with E-state index in [-0.39, 0.29) is 5.69 Å². The average Bonchev–Trinajstić information content (AvgIpc) is 3.09. The lowest BCUT2D eigenvalue weighted by Crippen LogP contribution is -2.03. The molecule has 8 heteroatoms. The molecule has 0 saturated heterocycles. The molecule has 0 amide bonds. The number of aromatic nitrogens is 2. The maximum Gasteiger partial charge on any atom is 0.271 e. The van der Waals surface area contributed by atoms with Crippen molar-refractivity contribution in [2.24, 2.45) is 0 Å². The van der Waals surface area contributed by atoms with Gasteiger partial charge in [0.2, 0.25) is 0 Å². The molecule has 0 aliphatic carbocycles. The number of halogens is 1. The van der Waals surface area contributed by atoms with E-state index < -0.39 is 4.92 Å². The van der Waals surface area contributed by atoms with Gasteiger partial charge in [-0.15, -0.1) is 0 Å². The molecule has 2 aromatic carbocycles. The zero-order valence-corrected chi connectivity index (χ0v) is 14.1. The number of anilines is 1.